The number of terminal acetylenes is 1. The number of nitrogen functional groups attached to an aromatic ring is 1. The van der Waals surface area contributed by atoms with Crippen molar-refractivity contribution in [3.63, 3.8) is 0 Å². The molecule has 0 saturated heterocycles. The van der Waals surface area contributed by atoms with Crippen molar-refractivity contribution in [1.29, 1.82) is 0 Å². The lowest BCUT2D eigenvalue weighted by molar-refractivity contribution is -0.384. The Labute approximate surface area is 80.6 Å². The van der Waals surface area contributed by atoms with Gasteiger partial charge in [0.25, 0.3) is 5.69 Å². The van der Waals surface area contributed by atoms with Crippen LogP contribution < -0.4 is 10.5 Å². The van der Waals surface area contributed by atoms with Crippen molar-refractivity contribution in [2.75, 3.05) is 12.8 Å². The molecule has 0 spiro atoms. The summed E-state index contributed by atoms with van der Waals surface area (Å²) in [6.45, 7) is 0. The fourth-order valence-electron chi connectivity index (χ4n) is 1.01. The summed E-state index contributed by atoms with van der Waals surface area (Å²) in [6.07, 6.45) is 5.14. The molecule has 0 fully saturated rings. The predicted octanol–water partition coefficient (Wildman–Crippen LogP) is 1.17. The molecule has 5 nitrogen and oxygen atoms in total. The van der Waals surface area contributed by atoms with Crippen LogP contribution in [0, 0.1) is 22.5 Å². The van der Waals surface area contributed by atoms with Gasteiger partial charge in [-0.2, -0.15) is 0 Å². The zero-order valence-corrected chi connectivity index (χ0v) is 7.48. The molecule has 0 amide bonds. The normalized spacial score (nSPS) is 9.14. The molecule has 0 bridgehead atoms. The number of ether oxygens (including phenoxy) is 1. The summed E-state index contributed by atoms with van der Waals surface area (Å²) in [4.78, 5) is 9.94. The number of nitro groups is 1. The molecule has 0 aliphatic carbocycles. The second-order valence-corrected chi connectivity index (χ2v) is 2.51. The molecule has 0 heterocycles. The number of non-ortho nitro benzene ring substituents is 1. The van der Waals surface area contributed by atoms with E-state index in [1.807, 2.05) is 0 Å². The Balaban J connectivity index is 3.41. The number of nitrogens with zero attached hydrogens (tertiary/aromatic N) is 1. The highest BCUT2D eigenvalue weighted by atomic mass is 16.6. The quantitative estimate of drug-likeness (QED) is 0.330. The van der Waals surface area contributed by atoms with E-state index < -0.39 is 4.92 Å². The number of anilines is 1. The molecule has 0 aliphatic heterocycles. The van der Waals surface area contributed by atoms with E-state index >= 15 is 0 Å². The third kappa shape index (κ3) is 1.59. The molecule has 1 rings (SSSR count). The maximum absolute atomic E-state index is 10.5. The molecular weight excluding hydrogens is 184 g/mol. The molecule has 0 radical (unpaired) electrons. The van der Waals surface area contributed by atoms with Crippen LogP contribution >= 0.6 is 0 Å². The summed E-state index contributed by atoms with van der Waals surface area (Å²) in [5.74, 6) is 2.47. The van der Waals surface area contributed by atoms with Gasteiger partial charge < -0.3 is 10.5 Å². The average molecular weight is 192 g/mol. The molecule has 0 aromatic heterocycles. The van der Waals surface area contributed by atoms with Crippen LogP contribution in [0.15, 0.2) is 12.1 Å². The molecule has 0 saturated carbocycles. The predicted molar refractivity (Wildman–Crippen MR) is 52.0 cm³/mol. The second kappa shape index (κ2) is 3.66. The first-order valence-electron chi connectivity index (χ1n) is 3.68. The van der Waals surface area contributed by atoms with Gasteiger partial charge in [-0.3, -0.25) is 10.1 Å². The van der Waals surface area contributed by atoms with E-state index in [0.717, 1.165) is 0 Å². The van der Waals surface area contributed by atoms with Gasteiger partial charge in [0.2, 0.25) is 0 Å². The Bertz CT molecular complexity index is 421. The summed E-state index contributed by atoms with van der Waals surface area (Å²) in [5, 5.41) is 10.5. The molecule has 14 heavy (non-hydrogen) atoms. The minimum absolute atomic E-state index is 0.135. The van der Waals surface area contributed by atoms with Crippen LogP contribution in [0.25, 0.3) is 0 Å². The Morgan fingerprint density at radius 2 is 2.29 bits per heavy atom. The fourth-order valence-corrected chi connectivity index (χ4v) is 1.01. The number of hydrogen-bond acceptors (Lipinski definition) is 4. The Morgan fingerprint density at radius 1 is 1.64 bits per heavy atom. The standard InChI is InChI=1S/C9H8N2O3/c1-3-6-4-7(11(12)13)5-8(14-2)9(6)10/h1,4-5H,10H2,2H3. The Kier molecular flexibility index (Phi) is 2.58. The van der Waals surface area contributed by atoms with Gasteiger partial charge in [0.15, 0.2) is 0 Å². The van der Waals surface area contributed by atoms with Gasteiger partial charge in [0.05, 0.1) is 29.4 Å². The number of methoxy groups -OCH3 is 1. The van der Waals surface area contributed by atoms with Crippen molar-refractivity contribution in [2.24, 2.45) is 0 Å². The van der Waals surface area contributed by atoms with Crippen LogP contribution in [0.4, 0.5) is 11.4 Å². The van der Waals surface area contributed by atoms with Gasteiger partial charge in [-0.05, 0) is 0 Å². The molecule has 1 aromatic rings. The number of nitro benzene ring substituents is 1. The first kappa shape index (κ1) is 9.86. The summed E-state index contributed by atoms with van der Waals surface area (Å²) in [6, 6.07) is 2.47. The fraction of sp³-hybridized carbons (Fsp3) is 0.111. The number of benzene rings is 1. The van der Waals surface area contributed by atoms with Crippen LogP contribution in [0.5, 0.6) is 5.75 Å². The van der Waals surface area contributed by atoms with Gasteiger partial charge in [-0.25, -0.2) is 0 Å². The first-order chi connectivity index (χ1) is 6.60. The van der Waals surface area contributed by atoms with Gasteiger partial charge in [-0.1, -0.05) is 5.92 Å². The van der Waals surface area contributed by atoms with E-state index in [1.54, 1.807) is 0 Å². The molecule has 5 heteroatoms. The van der Waals surface area contributed by atoms with Gasteiger partial charge in [0.1, 0.15) is 5.75 Å². The van der Waals surface area contributed by atoms with E-state index in [2.05, 4.69) is 5.92 Å². The summed E-state index contributed by atoms with van der Waals surface area (Å²) >= 11 is 0. The van der Waals surface area contributed by atoms with Gasteiger partial charge in [0, 0.05) is 6.07 Å². The van der Waals surface area contributed by atoms with E-state index in [4.69, 9.17) is 16.9 Å². The zero-order valence-electron chi connectivity index (χ0n) is 7.48. The van der Waals surface area contributed by atoms with Crippen molar-refractivity contribution in [1.82, 2.24) is 0 Å². The minimum Gasteiger partial charge on any atom is -0.494 e. The molecule has 2 N–H and O–H groups in total. The minimum atomic E-state index is -0.553. The average Bonchev–Trinajstić information content (AvgIpc) is 2.17. The summed E-state index contributed by atoms with van der Waals surface area (Å²) < 4.78 is 4.85. The van der Waals surface area contributed by atoms with E-state index in [1.165, 1.54) is 19.2 Å². The van der Waals surface area contributed by atoms with Crippen LogP contribution in [-0.2, 0) is 0 Å². The molecule has 0 atom stereocenters. The molecule has 0 unspecified atom stereocenters. The van der Waals surface area contributed by atoms with Crippen LogP contribution in [-0.4, -0.2) is 12.0 Å². The molecule has 1 aromatic carbocycles. The Morgan fingerprint density at radius 3 is 2.71 bits per heavy atom. The number of rotatable bonds is 2. The lowest BCUT2D eigenvalue weighted by Crippen LogP contribution is -1.98. The van der Waals surface area contributed by atoms with Gasteiger partial charge in [-0.15, -0.1) is 6.42 Å². The lowest BCUT2D eigenvalue weighted by Gasteiger charge is -2.05. The van der Waals surface area contributed by atoms with Crippen LogP contribution in [0.1, 0.15) is 5.56 Å². The van der Waals surface area contributed by atoms with Crippen LogP contribution in [0.3, 0.4) is 0 Å². The molecule has 72 valence electrons. The highest BCUT2D eigenvalue weighted by Crippen LogP contribution is 2.30. The molecular formula is C9H8N2O3. The zero-order chi connectivity index (χ0) is 10.7. The van der Waals surface area contributed by atoms with E-state index in [9.17, 15) is 10.1 Å². The van der Waals surface area contributed by atoms with Crippen molar-refractivity contribution >= 4 is 11.4 Å². The van der Waals surface area contributed by atoms with Crippen molar-refractivity contribution in [3.8, 4) is 18.1 Å². The monoisotopic (exact) mass is 192 g/mol. The van der Waals surface area contributed by atoms with Crippen molar-refractivity contribution in [2.45, 2.75) is 0 Å². The maximum atomic E-state index is 10.5. The largest absolute Gasteiger partial charge is 0.494 e. The van der Waals surface area contributed by atoms with Gasteiger partial charge >= 0.3 is 0 Å². The van der Waals surface area contributed by atoms with E-state index in [-0.39, 0.29) is 22.7 Å². The number of hydrogen-bond donors (Lipinski definition) is 1. The van der Waals surface area contributed by atoms with Crippen LogP contribution in [0.2, 0.25) is 0 Å². The SMILES string of the molecule is C#Cc1cc([N+](=O)[O-])cc(OC)c1N. The second-order valence-electron chi connectivity index (χ2n) is 2.51. The van der Waals surface area contributed by atoms with Crippen molar-refractivity contribution < 1.29 is 9.66 Å². The number of nitrogens with two attached hydrogens (primary N) is 1. The summed E-state index contributed by atoms with van der Waals surface area (Å²) in [5.41, 5.74) is 5.95. The van der Waals surface area contributed by atoms with Crippen molar-refractivity contribution in [3.05, 3.63) is 27.8 Å². The lowest BCUT2D eigenvalue weighted by atomic mass is 10.1. The smallest absolute Gasteiger partial charge is 0.274 e. The third-order valence-corrected chi connectivity index (χ3v) is 1.71. The molecule has 0 aliphatic rings. The highest BCUT2D eigenvalue weighted by Gasteiger charge is 2.13. The summed E-state index contributed by atoms with van der Waals surface area (Å²) in [7, 11) is 1.37. The maximum Gasteiger partial charge on any atom is 0.274 e. The van der Waals surface area contributed by atoms with E-state index in [0.29, 0.717) is 0 Å². The topological polar surface area (TPSA) is 78.4 Å². The first-order valence-corrected chi connectivity index (χ1v) is 3.68. The Hall–Kier alpha value is -2.22. The highest BCUT2D eigenvalue weighted by molar-refractivity contribution is 5.68. The third-order valence-electron chi connectivity index (χ3n) is 1.71.